The second-order valence-electron chi connectivity index (χ2n) is 5.01. The van der Waals surface area contributed by atoms with Gasteiger partial charge in [-0.05, 0) is 58.3 Å². The highest BCUT2D eigenvalue weighted by atomic mass is 15.1. The van der Waals surface area contributed by atoms with E-state index in [9.17, 15) is 0 Å². The highest BCUT2D eigenvalue weighted by Crippen LogP contribution is 2.19. The molecule has 0 aliphatic carbocycles. The predicted octanol–water partition coefficient (Wildman–Crippen LogP) is 3.03. The van der Waals surface area contributed by atoms with E-state index < -0.39 is 0 Å². The molecule has 1 heterocycles. The molecule has 0 bridgehead atoms. The Kier molecular flexibility index (Phi) is 7.87. The first-order valence-electron chi connectivity index (χ1n) is 7.33. The normalized spacial score (nSPS) is 23.2. The molecule has 0 aromatic heterocycles. The number of nitrogens with one attached hydrogen (secondary N) is 1. The minimum absolute atomic E-state index is 0.877. The van der Waals surface area contributed by atoms with Gasteiger partial charge in [0.25, 0.3) is 0 Å². The average Bonchev–Trinajstić information content (AvgIpc) is 2.53. The van der Waals surface area contributed by atoms with Gasteiger partial charge in [-0.25, -0.2) is 0 Å². The maximum Gasteiger partial charge on any atom is 0.00926 e. The summed E-state index contributed by atoms with van der Waals surface area (Å²) in [5, 5.41) is 3.41. The Morgan fingerprint density at radius 1 is 1.12 bits per heavy atom. The van der Waals surface area contributed by atoms with Crippen LogP contribution in [0.3, 0.4) is 0 Å². The first-order chi connectivity index (χ1) is 7.88. The van der Waals surface area contributed by atoms with Crippen molar-refractivity contribution >= 4 is 0 Å². The lowest BCUT2D eigenvalue weighted by atomic mass is 10.1. The Hall–Kier alpha value is -0.0800. The summed E-state index contributed by atoms with van der Waals surface area (Å²) in [5.74, 6) is 0. The van der Waals surface area contributed by atoms with Gasteiger partial charge in [0.1, 0.15) is 0 Å². The highest BCUT2D eigenvalue weighted by molar-refractivity contribution is 4.74. The Morgan fingerprint density at radius 2 is 2.00 bits per heavy atom. The number of nitrogens with zero attached hydrogens (tertiary/aromatic N) is 1. The zero-order chi connectivity index (χ0) is 11.6. The van der Waals surface area contributed by atoms with Crippen molar-refractivity contribution in [3.8, 4) is 0 Å². The van der Waals surface area contributed by atoms with Crippen LogP contribution in [0.2, 0.25) is 0 Å². The molecule has 0 amide bonds. The molecule has 1 aliphatic rings. The molecule has 1 fully saturated rings. The molecule has 16 heavy (non-hydrogen) atoms. The molecule has 1 unspecified atom stereocenters. The first-order valence-corrected chi connectivity index (χ1v) is 7.33. The number of unbranched alkanes of at least 4 members (excludes halogenated alkanes) is 1. The van der Waals surface area contributed by atoms with Gasteiger partial charge in [0.2, 0.25) is 0 Å². The summed E-state index contributed by atoms with van der Waals surface area (Å²) in [6, 6.07) is 0.877. The second kappa shape index (κ2) is 9.00. The van der Waals surface area contributed by atoms with Crippen molar-refractivity contribution in [3.05, 3.63) is 0 Å². The Labute approximate surface area is 102 Å². The van der Waals surface area contributed by atoms with E-state index in [1.165, 1.54) is 64.6 Å². The van der Waals surface area contributed by atoms with Crippen molar-refractivity contribution in [2.45, 2.75) is 64.8 Å². The molecule has 0 aromatic carbocycles. The second-order valence-corrected chi connectivity index (χ2v) is 5.01. The Bertz CT molecular complexity index is 159. The summed E-state index contributed by atoms with van der Waals surface area (Å²) >= 11 is 0. The fraction of sp³-hybridized carbons (Fsp3) is 1.00. The van der Waals surface area contributed by atoms with Gasteiger partial charge >= 0.3 is 0 Å². The number of likely N-dealkylation sites (tertiary alicyclic amines) is 1. The van der Waals surface area contributed by atoms with Crippen LogP contribution in [0.5, 0.6) is 0 Å². The lowest BCUT2D eigenvalue weighted by molar-refractivity contribution is 0.191. The number of rotatable bonds is 7. The maximum atomic E-state index is 3.41. The molecule has 96 valence electrons. The zero-order valence-corrected chi connectivity index (χ0v) is 11.3. The van der Waals surface area contributed by atoms with Crippen molar-refractivity contribution in [3.63, 3.8) is 0 Å². The minimum Gasteiger partial charge on any atom is -0.317 e. The van der Waals surface area contributed by atoms with E-state index in [-0.39, 0.29) is 0 Å². The lowest BCUT2D eigenvalue weighted by Crippen LogP contribution is -2.35. The van der Waals surface area contributed by atoms with E-state index in [4.69, 9.17) is 0 Å². The van der Waals surface area contributed by atoms with Crippen molar-refractivity contribution in [1.29, 1.82) is 0 Å². The summed E-state index contributed by atoms with van der Waals surface area (Å²) in [6.45, 7) is 9.51. The molecule has 0 spiro atoms. The minimum atomic E-state index is 0.877. The summed E-state index contributed by atoms with van der Waals surface area (Å²) in [4.78, 5) is 2.75. The van der Waals surface area contributed by atoms with Crippen molar-refractivity contribution < 1.29 is 0 Å². The van der Waals surface area contributed by atoms with E-state index in [0.717, 1.165) is 12.6 Å². The van der Waals surface area contributed by atoms with Gasteiger partial charge in [-0.3, -0.25) is 0 Å². The molecule has 1 N–H and O–H groups in total. The van der Waals surface area contributed by atoms with Gasteiger partial charge in [-0.1, -0.05) is 26.7 Å². The third-order valence-electron chi connectivity index (χ3n) is 3.77. The molecule has 2 nitrogen and oxygen atoms in total. The molecule has 1 aliphatic heterocycles. The molecule has 0 radical (unpaired) electrons. The van der Waals surface area contributed by atoms with Crippen molar-refractivity contribution in [2.75, 3.05) is 26.2 Å². The van der Waals surface area contributed by atoms with E-state index in [1.807, 2.05) is 0 Å². The number of hydrogen-bond acceptors (Lipinski definition) is 2. The van der Waals surface area contributed by atoms with Crippen LogP contribution in [-0.2, 0) is 0 Å². The van der Waals surface area contributed by atoms with Crippen LogP contribution in [0.4, 0.5) is 0 Å². The Balaban J connectivity index is 2.15. The molecule has 1 saturated heterocycles. The van der Waals surface area contributed by atoms with Crippen LogP contribution < -0.4 is 5.32 Å². The lowest BCUT2D eigenvalue weighted by Gasteiger charge is -2.29. The average molecular weight is 226 g/mol. The van der Waals surface area contributed by atoms with E-state index in [0.29, 0.717) is 0 Å². The summed E-state index contributed by atoms with van der Waals surface area (Å²) < 4.78 is 0. The van der Waals surface area contributed by atoms with Crippen molar-refractivity contribution in [2.24, 2.45) is 0 Å². The largest absolute Gasteiger partial charge is 0.317 e. The fourth-order valence-electron chi connectivity index (χ4n) is 2.74. The monoisotopic (exact) mass is 226 g/mol. The van der Waals surface area contributed by atoms with Crippen LogP contribution in [-0.4, -0.2) is 37.1 Å². The van der Waals surface area contributed by atoms with Crippen molar-refractivity contribution in [1.82, 2.24) is 10.2 Å². The zero-order valence-electron chi connectivity index (χ0n) is 11.3. The first kappa shape index (κ1) is 14.0. The molecule has 0 saturated carbocycles. The van der Waals surface area contributed by atoms with Crippen LogP contribution in [0, 0.1) is 0 Å². The molecular formula is C14H30N2. The highest BCUT2D eigenvalue weighted by Gasteiger charge is 2.18. The maximum absolute atomic E-state index is 3.41. The molecular weight excluding hydrogens is 196 g/mol. The SMILES string of the molecule is CCNCCCCN1CCCCCC1CC. The Morgan fingerprint density at radius 3 is 2.75 bits per heavy atom. The summed E-state index contributed by atoms with van der Waals surface area (Å²) in [6.07, 6.45) is 9.79. The quantitative estimate of drug-likeness (QED) is 0.671. The summed E-state index contributed by atoms with van der Waals surface area (Å²) in [5.41, 5.74) is 0. The van der Waals surface area contributed by atoms with Gasteiger partial charge in [-0.2, -0.15) is 0 Å². The van der Waals surface area contributed by atoms with E-state index in [1.54, 1.807) is 0 Å². The topological polar surface area (TPSA) is 15.3 Å². The number of hydrogen-bond donors (Lipinski definition) is 1. The van der Waals surface area contributed by atoms with Gasteiger partial charge in [0.05, 0.1) is 0 Å². The standard InChI is InChI=1S/C14H30N2/c1-3-14-10-6-5-8-12-16(14)13-9-7-11-15-4-2/h14-15H,3-13H2,1-2H3. The fourth-order valence-corrected chi connectivity index (χ4v) is 2.74. The van der Waals surface area contributed by atoms with Crippen LogP contribution in [0.15, 0.2) is 0 Å². The molecule has 1 rings (SSSR count). The van der Waals surface area contributed by atoms with Gasteiger partial charge in [-0.15, -0.1) is 0 Å². The van der Waals surface area contributed by atoms with E-state index >= 15 is 0 Å². The van der Waals surface area contributed by atoms with Crippen LogP contribution >= 0.6 is 0 Å². The molecule has 2 heteroatoms. The molecule has 0 aromatic rings. The van der Waals surface area contributed by atoms with Gasteiger partial charge in [0, 0.05) is 6.04 Å². The van der Waals surface area contributed by atoms with E-state index in [2.05, 4.69) is 24.1 Å². The third kappa shape index (κ3) is 5.31. The van der Waals surface area contributed by atoms with Gasteiger partial charge in [0.15, 0.2) is 0 Å². The van der Waals surface area contributed by atoms with Gasteiger partial charge < -0.3 is 10.2 Å². The van der Waals surface area contributed by atoms with Crippen LogP contribution in [0.25, 0.3) is 0 Å². The smallest absolute Gasteiger partial charge is 0.00926 e. The molecule has 1 atom stereocenters. The van der Waals surface area contributed by atoms with Crippen LogP contribution in [0.1, 0.15) is 58.8 Å². The summed E-state index contributed by atoms with van der Waals surface area (Å²) in [7, 11) is 0. The predicted molar refractivity (Wildman–Crippen MR) is 71.9 cm³/mol. The third-order valence-corrected chi connectivity index (χ3v) is 3.77.